The molecule has 0 saturated heterocycles. The summed E-state index contributed by atoms with van der Waals surface area (Å²) in [4.78, 5) is 10.7. The Morgan fingerprint density at radius 3 is 2.57 bits per heavy atom. The van der Waals surface area contributed by atoms with E-state index in [1.54, 1.807) is 6.08 Å². The van der Waals surface area contributed by atoms with Gasteiger partial charge in [-0.25, -0.2) is 4.39 Å². The van der Waals surface area contributed by atoms with Gasteiger partial charge in [0.05, 0.1) is 6.61 Å². The van der Waals surface area contributed by atoms with Crippen LogP contribution in [0, 0.1) is 5.92 Å². The van der Waals surface area contributed by atoms with Crippen LogP contribution in [0.1, 0.15) is 38.2 Å². The number of carbonyl (C=O) groups excluding carboxylic acids is 1. The lowest BCUT2D eigenvalue weighted by molar-refractivity contribution is -0.140. The minimum Gasteiger partial charge on any atom is -0.494 e. The minimum atomic E-state index is -0.470. The highest BCUT2D eigenvalue weighted by Crippen LogP contribution is 2.44. The smallest absolute Gasteiger partial charge is 0.303 e. The van der Waals surface area contributed by atoms with Gasteiger partial charge in [-0.3, -0.25) is 4.79 Å². The molecule has 1 aromatic carbocycles. The molecule has 1 saturated carbocycles. The SMILES string of the molecule is CCOc1ccc(C(/C=C(\F)COC(C)=O)C2CC2)cc1. The third kappa shape index (κ3) is 4.88. The number of halogens is 1. The fourth-order valence-corrected chi connectivity index (χ4v) is 2.33. The molecule has 3 nitrogen and oxygen atoms in total. The number of ether oxygens (including phenoxy) is 2. The number of rotatable bonds is 7. The average molecular weight is 292 g/mol. The maximum absolute atomic E-state index is 13.8. The third-order valence-electron chi connectivity index (χ3n) is 3.48. The summed E-state index contributed by atoms with van der Waals surface area (Å²) in [5, 5.41) is 0. The summed E-state index contributed by atoms with van der Waals surface area (Å²) >= 11 is 0. The van der Waals surface area contributed by atoms with Gasteiger partial charge in [0, 0.05) is 12.8 Å². The van der Waals surface area contributed by atoms with Crippen LogP contribution in [0.15, 0.2) is 36.2 Å². The number of hydrogen-bond acceptors (Lipinski definition) is 3. The summed E-state index contributed by atoms with van der Waals surface area (Å²) in [6.07, 6.45) is 3.79. The van der Waals surface area contributed by atoms with Crippen LogP contribution >= 0.6 is 0 Å². The zero-order valence-electron chi connectivity index (χ0n) is 12.5. The molecule has 1 fully saturated rings. The lowest BCUT2D eigenvalue weighted by atomic mass is 9.93. The number of carbonyl (C=O) groups is 1. The molecule has 114 valence electrons. The maximum Gasteiger partial charge on any atom is 0.303 e. The lowest BCUT2D eigenvalue weighted by Gasteiger charge is -2.14. The number of esters is 1. The molecule has 0 aromatic heterocycles. The first-order chi connectivity index (χ1) is 10.1. The first-order valence-corrected chi connectivity index (χ1v) is 7.32. The van der Waals surface area contributed by atoms with Crippen molar-refractivity contribution in [3.05, 3.63) is 41.7 Å². The monoisotopic (exact) mass is 292 g/mol. The van der Waals surface area contributed by atoms with E-state index in [2.05, 4.69) is 4.74 Å². The molecule has 1 aliphatic rings. The zero-order chi connectivity index (χ0) is 15.2. The molecule has 1 unspecified atom stereocenters. The minimum absolute atomic E-state index is 0.0382. The Kier molecular flexibility index (Phi) is 5.37. The van der Waals surface area contributed by atoms with Gasteiger partial charge in [-0.05, 0) is 49.5 Å². The first kappa shape index (κ1) is 15.5. The van der Waals surface area contributed by atoms with Crippen molar-refractivity contribution in [2.75, 3.05) is 13.2 Å². The standard InChI is InChI=1S/C17H21FO3/c1-3-20-16-8-6-14(7-9-16)17(13-4-5-13)10-15(18)11-21-12(2)19/h6-10,13,17H,3-5,11H2,1-2H3/b15-10-. The Morgan fingerprint density at radius 1 is 1.38 bits per heavy atom. The molecule has 0 heterocycles. The predicted octanol–water partition coefficient (Wildman–Crippen LogP) is 4.00. The fraction of sp³-hybridized carbons (Fsp3) is 0.471. The van der Waals surface area contributed by atoms with Gasteiger partial charge in [-0.2, -0.15) is 0 Å². The van der Waals surface area contributed by atoms with Crippen LogP contribution in [-0.4, -0.2) is 19.2 Å². The van der Waals surface area contributed by atoms with E-state index in [1.165, 1.54) is 6.92 Å². The molecule has 21 heavy (non-hydrogen) atoms. The van der Waals surface area contributed by atoms with Crippen molar-refractivity contribution in [2.24, 2.45) is 5.92 Å². The highest BCUT2D eigenvalue weighted by molar-refractivity contribution is 5.66. The molecule has 1 aromatic rings. The van der Waals surface area contributed by atoms with Crippen LogP contribution in [0.2, 0.25) is 0 Å². The second-order valence-electron chi connectivity index (χ2n) is 5.26. The van der Waals surface area contributed by atoms with Crippen molar-refractivity contribution >= 4 is 5.97 Å². The quantitative estimate of drug-likeness (QED) is 0.713. The average Bonchev–Trinajstić information content (AvgIpc) is 3.28. The number of hydrogen-bond donors (Lipinski definition) is 0. The molecular formula is C17H21FO3. The summed E-state index contributed by atoms with van der Waals surface area (Å²) in [5.74, 6) is 0.473. The van der Waals surface area contributed by atoms with E-state index in [0.717, 1.165) is 24.2 Å². The van der Waals surface area contributed by atoms with Crippen molar-refractivity contribution in [2.45, 2.75) is 32.6 Å². The van der Waals surface area contributed by atoms with Gasteiger partial charge < -0.3 is 9.47 Å². The van der Waals surface area contributed by atoms with Gasteiger partial charge in [0.1, 0.15) is 18.2 Å². The zero-order valence-corrected chi connectivity index (χ0v) is 12.5. The van der Waals surface area contributed by atoms with Gasteiger partial charge in [0.2, 0.25) is 0 Å². The Balaban J connectivity index is 2.07. The largest absolute Gasteiger partial charge is 0.494 e. The van der Waals surface area contributed by atoms with E-state index in [0.29, 0.717) is 12.5 Å². The van der Waals surface area contributed by atoms with Crippen LogP contribution in [0.25, 0.3) is 0 Å². The fourth-order valence-electron chi connectivity index (χ4n) is 2.33. The van der Waals surface area contributed by atoms with E-state index < -0.39 is 11.8 Å². The van der Waals surface area contributed by atoms with E-state index in [-0.39, 0.29) is 12.5 Å². The number of allylic oxidation sites excluding steroid dienone is 1. The third-order valence-corrected chi connectivity index (χ3v) is 3.48. The molecule has 0 radical (unpaired) electrons. The summed E-state index contributed by atoms with van der Waals surface area (Å²) in [6, 6.07) is 7.77. The van der Waals surface area contributed by atoms with Crippen LogP contribution in [0.3, 0.4) is 0 Å². The van der Waals surface area contributed by atoms with E-state index in [9.17, 15) is 9.18 Å². The van der Waals surface area contributed by atoms with E-state index in [1.807, 2.05) is 31.2 Å². The van der Waals surface area contributed by atoms with Crippen LogP contribution in [-0.2, 0) is 9.53 Å². The van der Waals surface area contributed by atoms with Gasteiger partial charge in [-0.1, -0.05) is 12.1 Å². The Morgan fingerprint density at radius 2 is 2.05 bits per heavy atom. The van der Waals surface area contributed by atoms with Gasteiger partial charge in [0.25, 0.3) is 0 Å². The summed E-state index contributed by atoms with van der Waals surface area (Å²) < 4.78 is 24.0. The van der Waals surface area contributed by atoms with Gasteiger partial charge in [-0.15, -0.1) is 0 Å². The Bertz CT molecular complexity index is 503. The van der Waals surface area contributed by atoms with Crippen molar-refractivity contribution in [1.29, 1.82) is 0 Å². The molecular weight excluding hydrogens is 271 g/mol. The molecule has 0 N–H and O–H groups in total. The topological polar surface area (TPSA) is 35.5 Å². The molecule has 1 atom stereocenters. The summed E-state index contributed by atoms with van der Waals surface area (Å²) in [5.41, 5.74) is 1.07. The molecule has 0 amide bonds. The molecule has 1 aliphatic carbocycles. The van der Waals surface area contributed by atoms with Crippen molar-refractivity contribution in [1.82, 2.24) is 0 Å². The van der Waals surface area contributed by atoms with Crippen molar-refractivity contribution in [3.8, 4) is 5.75 Å². The number of benzene rings is 1. The van der Waals surface area contributed by atoms with Crippen LogP contribution in [0.4, 0.5) is 4.39 Å². The Labute approximate surface area is 124 Å². The maximum atomic E-state index is 13.8. The normalized spacial score (nSPS) is 16.4. The van der Waals surface area contributed by atoms with Crippen LogP contribution < -0.4 is 4.74 Å². The Hall–Kier alpha value is -1.84. The summed E-state index contributed by atoms with van der Waals surface area (Å²) in [6.45, 7) is 3.56. The van der Waals surface area contributed by atoms with Crippen LogP contribution in [0.5, 0.6) is 5.75 Å². The van der Waals surface area contributed by atoms with Crippen molar-refractivity contribution < 1.29 is 18.7 Å². The molecule has 2 rings (SSSR count). The molecule has 4 heteroatoms. The molecule has 0 spiro atoms. The van der Waals surface area contributed by atoms with Crippen molar-refractivity contribution in [3.63, 3.8) is 0 Å². The second-order valence-corrected chi connectivity index (χ2v) is 5.26. The predicted molar refractivity (Wildman–Crippen MR) is 78.9 cm³/mol. The summed E-state index contributed by atoms with van der Waals surface area (Å²) in [7, 11) is 0. The van der Waals surface area contributed by atoms with Gasteiger partial charge >= 0.3 is 5.97 Å². The highest BCUT2D eigenvalue weighted by Gasteiger charge is 2.31. The molecule has 0 bridgehead atoms. The lowest BCUT2D eigenvalue weighted by Crippen LogP contribution is -2.04. The first-order valence-electron chi connectivity index (χ1n) is 7.32. The molecule has 0 aliphatic heterocycles. The second kappa shape index (κ2) is 7.25. The van der Waals surface area contributed by atoms with Gasteiger partial charge in [0.15, 0.2) is 0 Å². The highest BCUT2D eigenvalue weighted by atomic mass is 19.1. The van der Waals surface area contributed by atoms with E-state index in [4.69, 9.17) is 4.74 Å². The van der Waals surface area contributed by atoms with E-state index >= 15 is 0 Å².